The van der Waals surface area contributed by atoms with Gasteiger partial charge in [-0.25, -0.2) is 0 Å². The molecule has 0 saturated carbocycles. The summed E-state index contributed by atoms with van der Waals surface area (Å²) in [5.41, 5.74) is -0.460. The molecule has 1 atom stereocenters. The molecule has 2 aliphatic rings. The third-order valence-electron chi connectivity index (χ3n) is 5.00. The van der Waals surface area contributed by atoms with Crippen molar-refractivity contribution in [3.63, 3.8) is 0 Å². The summed E-state index contributed by atoms with van der Waals surface area (Å²) >= 11 is 0. The normalized spacial score (nSPS) is 22.2. The molecule has 2 saturated heterocycles. The minimum Gasteiger partial charge on any atom is -0.373 e. The zero-order valence-corrected chi connectivity index (χ0v) is 14.1. The zero-order chi connectivity index (χ0) is 17.9. The minimum absolute atomic E-state index is 0.263. The van der Waals surface area contributed by atoms with Gasteiger partial charge in [-0.1, -0.05) is 12.1 Å². The van der Waals surface area contributed by atoms with Crippen molar-refractivity contribution < 1.29 is 18.0 Å². The summed E-state index contributed by atoms with van der Waals surface area (Å²) in [6.07, 6.45) is 3.66. The molecule has 1 aromatic rings. The van der Waals surface area contributed by atoms with E-state index in [1.54, 1.807) is 0 Å². The second-order valence-electron chi connectivity index (χ2n) is 6.80. The van der Waals surface area contributed by atoms with Crippen molar-refractivity contribution in [1.29, 1.82) is 0 Å². The lowest BCUT2D eigenvalue weighted by Crippen LogP contribution is -2.36. The van der Waals surface area contributed by atoms with E-state index in [1.165, 1.54) is 31.1 Å². The molecule has 1 aromatic carbocycles. The van der Waals surface area contributed by atoms with E-state index in [4.69, 9.17) is 0 Å². The van der Waals surface area contributed by atoms with E-state index in [1.807, 2.05) is 6.20 Å². The smallest absolute Gasteiger partial charge is 0.373 e. The maximum atomic E-state index is 12.6. The van der Waals surface area contributed by atoms with Crippen LogP contribution in [0.5, 0.6) is 0 Å². The standard InChI is InChI=1S/C19H23F3N2O/c20-19(21,22)16-7-5-15(6-8-16)18(25)9-13-24-12-3-4-17(24)14-23-10-1-2-11-23/h5-9,13,17H,1-4,10-12,14H2/t17-/m1/s1. The van der Waals surface area contributed by atoms with Crippen molar-refractivity contribution in [1.82, 2.24) is 9.80 Å². The van der Waals surface area contributed by atoms with Crippen molar-refractivity contribution in [3.8, 4) is 0 Å². The van der Waals surface area contributed by atoms with Crippen LogP contribution in [-0.2, 0) is 6.18 Å². The van der Waals surface area contributed by atoms with Gasteiger partial charge in [0, 0.05) is 37.0 Å². The van der Waals surface area contributed by atoms with Gasteiger partial charge in [-0.3, -0.25) is 4.79 Å². The van der Waals surface area contributed by atoms with Gasteiger partial charge in [0.25, 0.3) is 0 Å². The van der Waals surface area contributed by atoms with Crippen LogP contribution >= 0.6 is 0 Å². The fraction of sp³-hybridized carbons (Fsp3) is 0.526. The summed E-state index contributed by atoms with van der Waals surface area (Å²) in [7, 11) is 0. The van der Waals surface area contributed by atoms with E-state index < -0.39 is 11.7 Å². The highest BCUT2D eigenvalue weighted by Crippen LogP contribution is 2.29. The van der Waals surface area contributed by atoms with Crippen LogP contribution in [0, 0.1) is 0 Å². The van der Waals surface area contributed by atoms with Crippen LogP contribution in [-0.4, -0.2) is 47.8 Å². The molecule has 0 aliphatic carbocycles. The average molecular weight is 352 g/mol. The molecule has 0 unspecified atom stereocenters. The largest absolute Gasteiger partial charge is 0.416 e. The highest BCUT2D eigenvalue weighted by Gasteiger charge is 2.30. The topological polar surface area (TPSA) is 23.6 Å². The Morgan fingerprint density at radius 1 is 1.08 bits per heavy atom. The van der Waals surface area contributed by atoms with Gasteiger partial charge in [-0.15, -0.1) is 0 Å². The summed E-state index contributed by atoms with van der Waals surface area (Å²) < 4.78 is 37.7. The van der Waals surface area contributed by atoms with E-state index in [-0.39, 0.29) is 11.3 Å². The lowest BCUT2D eigenvalue weighted by atomic mass is 10.1. The van der Waals surface area contributed by atoms with Gasteiger partial charge < -0.3 is 9.80 Å². The van der Waals surface area contributed by atoms with Crippen LogP contribution in [0.15, 0.2) is 36.5 Å². The molecule has 0 spiro atoms. The number of benzene rings is 1. The minimum atomic E-state index is -4.38. The third-order valence-corrected chi connectivity index (χ3v) is 5.00. The number of carbonyl (C=O) groups is 1. The Bertz CT molecular complexity index is 619. The maximum absolute atomic E-state index is 12.6. The summed E-state index contributed by atoms with van der Waals surface area (Å²) in [4.78, 5) is 16.9. The Balaban J connectivity index is 1.59. The highest BCUT2D eigenvalue weighted by atomic mass is 19.4. The number of hydrogen-bond acceptors (Lipinski definition) is 3. The van der Waals surface area contributed by atoms with E-state index in [0.717, 1.165) is 51.2 Å². The number of allylic oxidation sites excluding steroid dienone is 1. The number of carbonyl (C=O) groups excluding carboxylic acids is 1. The number of ketones is 1. The molecule has 0 radical (unpaired) electrons. The first-order chi connectivity index (χ1) is 11.9. The lowest BCUT2D eigenvalue weighted by molar-refractivity contribution is -0.137. The Labute approximate surface area is 146 Å². The number of alkyl halides is 3. The number of nitrogens with zero attached hydrogens (tertiary/aromatic N) is 2. The van der Waals surface area contributed by atoms with Crippen molar-refractivity contribution in [2.75, 3.05) is 26.2 Å². The fourth-order valence-corrected chi connectivity index (χ4v) is 3.60. The van der Waals surface area contributed by atoms with Crippen LogP contribution < -0.4 is 0 Å². The van der Waals surface area contributed by atoms with Crippen LogP contribution in [0.2, 0.25) is 0 Å². The lowest BCUT2D eigenvalue weighted by Gasteiger charge is -2.27. The molecule has 2 fully saturated rings. The Hall–Kier alpha value is -1.82. The molecule has 0 bridgehead atoms. The predicted octanol–water partition coefficient (Wildman–Crippen LogP) is 3.96. The molecular weight excluding hydrogens is 329 g/mol. The van der Waals surface area contributed by atoms with Gasteiger partial charge in [0.2, 0.25) is 0 Å². The molecule has 0 amide bonds. The Kier molecular flexibility index (Phi) is 5.47. The molecule has 0 N–H and O–H groups in total. The van der Waals surface area contributed by atoms with Crippen molar-refractivity contribution in [3.05, 3.63) is 47.7 Å². The summed E-state index contributed by atoms with van der Waals surface area (Å²) in [6, 6.07) is 4.80. The molecule has 6 heteroatoms. The van der Waals surface area contributed by atoms with E-state index in [2.05, 4.69) is 9.80 Å². The molecule has 3 nitrogen and oxygen atoms in total. The first kappa shape index (κ1) is 18.0. The van der Waals surface area contributed by atoms with Crippen LogP contribution in [0.25, 0.3) is 0 Å². The number of likely N-dealkylation sites (tertiary alicyclic amines) is 2. The second-order valence-corrected chi connectivity index (χ2v) is 6.80. The molecular formula is C19H23F3N2O. The predicted molar refractivity (Wildman–Crippen MR) is 90.3 cm³/mol. The van der Waals surface area contributed by atoms with Gasteiger partial charge in [0.05, 0.1) is 5.56 Å². The maximum Gasteiger partial charge on any atom is 0.416 e. The first-order valence-electron chi connectivity index (χ1n) is 8.81. The fourth-order valence-electron chi connectivity index (χ4n) is 3.60. The van der Waals surface area contributed by atoms with E-state index >= 15 is 0 Å². The average Bonchev–Trinajstić information content (AvgIpc) is 3.24. The Morgan fingerprint density at radius 2 is 1.76 bits per heavy atom. The molecule has 2 aliphatic heterocycles. The number of rotatable bonds is 5. The number of halogens is 3. The van der Waals surface area contributed by atoms with Crippen LogP contribution in [0.3, 0.4) is 0 Å². The quantitative estimate of drug-likeness (QED) is 0.592. The second kappa shape index (κ2) is 7.60. The summed E-state index contributed by atoms with van der Waals surface area (Å²) in [5.74, 6) is -0.263. The molecule has 136 valence electrons. The van der Waals surface area contributed by atoms with Crippen LogP contribution in [0.4, 0.5) is 13.2 Å². The third kappa shape index (κ3) is 4.63. The van der Waals surface area contributed by atoms with Gasteiger partial charge in [0.15, 0.2) is 5.78 Å². The molecule has 2 heterocycles. The van der Waals surface area contributed by atoms with Crippen molar-refractivity contribution in [2.24, 2.45) is 0 Å². The van der Waals surface area contributed by atoms with Gasteiger partial charge >= 0.3 is 6.18 Å². The Morgan fingerprint density at radius 3 is 2.40 bits per heavy atom. The zero-order valence-electron chi connectivity index (χ0n) is 14.1. The molecule has 3 rings (SSSR count). The molecule has 25 heavy (non-hydrogen) atoms. The van der Waals surface area contributed by atoms with Crippen LogP contribution in [0.1, 0.15) is 41.6 Å². The first-order valence-corrected chi connectivity index (χ1v) is 8.81. The monoisotopic (exact) mass is 352 g/mol. The molecule has 0 aromatic heterocycles. The highest BCUT2D eigenvalue weighted by molar-refractivity contribution is 6.04. The summed E-state index contributed by atoms with van der Waals surface area (Å²) in [5, 5.41) is 0. The van der Waals surface area contributed by atoms with Gasteiger partial charge in [0.1, 0.15) is 0 Å². The van der Waals surface area contributed by atoms with Crippen molar-refractivity contribution >= 4 is 5.78 Å². The van der Waals surface area contributed by atoms with Crippen molar-refractivity contribution in [2.45, 2.75) is 37.9 Å². The van der Waals surface area contributed by atoms with Gasteiger partial charge in [-0.2, -0.15) is 13.2 Å². The SMILES string of the molecule is O=C(C=CN1CCC[C@@H]1CN1CCCC1)c1ccc(C(F)(F)F)cc1. The van der Waals surface area contributed by atoms with Gasteiger partial charge in [-0.05, 0) is 50.9 Å². The number of hydrogen-bond donors (Lipinski definition) is 0. The van der Waals surface area contributed by atoms with E-state index in [9.17, 15) is 18.0 Å². The van der Waals surface area contributed by atoms with E-state index in [0.29, 0.717) is 6.04 Å². The summed E-state index contributed by atoms with van der Waals surface area (Å²) in [6.45, 7) is 4.26.